The Morgan fingerprint density at radius 2 is 1.89 bits per heavy atom. The van der Waals surface area contributed by atoms with Crippen LogP contribution < -0.4 is 0 Å². The zero-order valence-corrected chi connectivity index (χ0v) is 18.5. The van der Waals surface area contributed by atoms with Crippen LogP contribution in [0.15, 0.2) is 16.3 Å². The van der Waals surface area contributed by atoms with Crippen LogP contribution in [0, 0.1) is 5.92 Å². The zero-order chi connectivity index (χ0) is 19.8. The average Bonchev–Trinajstić information content (AvgIpc) is 3.28. The van der Waals surface area contributed by atoms with Gasteiger partial charge in [0.1, 0.15) is 4.21 Å². The summed E-state index contributed by atoms with van der Waals surface area (Å²) in [5.41, 5.74) is -0.0351. The number of likely N-dealkylation sites (tertiary alicyclic amines) is 1. The minimum atomic E-state index is -3.47. The lowest BCUT2D eigenvalue weighted by molar-refractivity contribution is -0.134. The van der Waals surface area contributed by atoms with Crippen molar-refractivity contribution in [2.24, 2.45) is 5.92 Å². The van der Waals surface area contributed by atoms with Gasteiger partial charge in [-0.15, -0.1) is 11.3 Å². The number of rotatable bonds is 5. The number of hydrogen-bond donors (Lipinski definition) is 0. The predicted octanol–water partition coefficient (Wildman–Crippen LogP) is 2.74. The van der Waals surface area contributed by atoms with Crippen molar-refractivity contribution in [2.45, 2.75) is 43.4 Å². The highest BCUT2D eigenvalue weighted by molar-refractivity contribution is 7.91. The molecule has 1 atom stereocenters. The number of thiophene rings is 1. The molecular formula is C18H28ClN3O3S2. The van der Waals surface area contributed by atoms with Crippen LogP contribution in [0.25, 0.3) is 0 Å². The first-order valence-corrected chi connectivity index (χ1v) is 12.1. The molecule has 3 rings (SSSR count). The standard InChI is InChI=1S/C18H28ClN3O3S2/c1-4-18(7-8-20(13-18)17(23)14(2)3)21-9-11-22(12-10-21)27(24,25)16-6-5-15(19)26-16/h5-6,14H,4,7-13H2,1-3H3/t18-/m1/s1. The van der Waals surface area contributed by atoms with Crippen LogP contribution in [0.5, 0.6) is 0 Å². The van der Waals surface area contributed by atoms with Crippen molar-refractivity contribution < 1.29 is 13.2 Å². The van der Waals surface area contributed by atoms with Crippen molar-refractivity contribution in [3.05, 3.63) is 16.5 Å². The van der Waals surface area contributed by atoms with E-state index in [0.717, 1.165) is 37.3 Å². The van der Waals surface area contributed by atoms with Crippen LogP contribution in [0.3, 0.4) is 0 Å². The SMILES string of the molecule is CC[C@@]1(N2CCN(S(=O)(=O)c3ccc(Cl)s3)CC2)CCN(C(=O)C(C)C)C1. The van der Waals surface area contributed by atoms with Crippen molar-refractivity contribution in [3.8, 4) is 0 Å². The number of nitrogens with zero attached hydrogens (tertiary/aromatic N) is 3. The smallest absolute Gasteiger partial charge is 0.252 e. The molecule has 1 aromatic rings. The summed E-state index contributed by atoms with van der Waals surface area (Å²) in [6, 6.07) is 3.20. The Hall–Kier alpha value is -0.670. The average molecular weight is 434 g/mol. The molecule has 0 bridgehead atoms. The number of carbonyl (C=O) groups is 1. The van der Waals surface area contributed by atoms with E-state index in [1.54, 1.807) is 16.4 Å². The fourth-order valence-corrected chi connectivity index (χ4v) is 7.21. The van der Waals surface area contributed by atoms with Gasteiger partial charge in [-0.3, -0.25) is 9.69 Å². The van der Waals surface area contributed by atoms with E-state index < -0.39 is 10.0 Å². The van der Waals surface area contributed by atoms with Gasteiger partial charge < -0.3 is 4.90 Å². The Morgan fingerprint density at radius 3 is 2.41 bits per heavy atom. The van der Waals surface area contributed by atoms with Gasteiger partial charge in [0.25, 0.3) is 10.0 Å². The van der Waals surface area contributed by atoms with E-state index in [-0.39, 0.29) is 17.4 Å². The molecule has 0 spiro atoms. The van der Waals surface area contributed by atoms with E-state index in [1.807, 2.05) is 18.7 Å². The molecule has 0 N–H and O–H groups in total. The lowest BCUT2D eigenvalue weighted by Crippen LogP contribution is -2.59. The maximum atomic E-state index is 12.8. The van der Waals surface area contributed by atoms with Crippen molar-refractivity contribution in [1.82, 2.24) is 14.1 Å². The molecule has 27 heavy (non-hydrogen) atoms. The Labute approximate surface area is 171 Å². The molecule has 1 amide bonds. The highest BCUT2D eigenvalue weighted by Crippen LogP contribution is 2.34. The molecule has 0 saturated carbocycles. The number of sulfonamides is 1. The molecule has 2 aliphatic heterocycles. The van der Waals surface area contributed by atoms with Crippen molar-refractivity contribution in [1.29, 1.82) is 0 Å². The first kappa shape index (κ1) is 21.0. The molecule has 9 heteroatoms. The van der Waals surface area contributed by atoms with E-state index in [2.05, 4.69) is 11.8 Å². The van der Waals surface area contributed by atoms with Crippen LogP contribution in [0.1, 0.15) is 33.6 Å². The van der Waals surface area contributed by atoms with Gasteiger partial charge in [-0.05, 0) is 25.0 Å². The third-order valence-corrected chi connectivity index (χ3v) is 9.45. The molecule has 2 aliphatic rings. The molecule has 3 heterocycles. The van der Waals surface area contributed by atoms with E-state index in [1.165, 1.54) is 0 Å². The second-order valence-electron chi connectivity index (χ2n) is 7.69. The maximum Gasteiger partial charge on any atom is 0.252 e. The molecule has 1 aromatic heterocycles. The molecule has 0 aromatic carbocycles. The zero-order valence-electron chi connectivity index (χ0n) is 16.1. The normalized spacial score (nSPS) is 25.4. The summed E-state index contributed by atoms with van der Waals surface area (Å²) in [5, 5.41) is 0. The molecule has 2 saturated heterocycles. The van der Waals surface area contributed by atoms with Gasteiger partial charge in [-0.25, -0.2) is 8.42 Å². The first-order valence-electron chi connectivity index (χ1n) is 9.49. The Morgan fingerprint density at radius 1 is 1.22 bits per heavy atom. The van der Waals surface area contributed by atoms with E-state index >= 15 is 0 Å². The molecule has 0 radical (unpaired) electrons. The predicted molar refractivity (Wildman–Crippen MR) is 109 cm³/mol. The van der Waals surface area contributed by atoms with Crippen LogP contribution in [0.4, 0.5) is 0 Å². The summed E-state index contributed by atoms with van der Waals surface area (Å²) in [4.78, 5) is 16.8. The largest absolute Gasteiger partial charge is 0.341 e. The van der Waals surface area contributed by atoms with Gasteiger partial charge in [-0.1, -0.05) is 32.4 Å². The van der Waals surface area contributed by atoms with E-state index in [4.69, 9.17) is 11.6 Å². The molecule has 0 aliphatic carbocycles. The van der Waals surface area contributed by atoms with E-state index in [9.17, 15) is 13.2 Å². The Kier molecular flexibility index (Phi) is 6.23. The van der Waals surface area contributed by atoms with Crippen LogP contribution in [-0.2, 0) is 14.8 Å². The second kappa shape index (κ2) is 7.99. The fraction of sp³-hybridized carbons (Fsp3) is 0.722. The quantitative estimate of drug-likeness (QED) is 0.716. The number of amides is 1. The first-order chi connectivity index (χ1) is 12.7. The number of carbonyl (C=O) groups excluding carboxylic acids is 1. The highest BCUT2D eigenvalue weighted by atomic mass is 35.5. The van der Waals surface area contributed by atoms with Gasteiger partial charge in [-0.2, -0.15) is 4.31 Å². The van der Waals surface area contributed by atoms with Crippen LogP contribution in [-0.4, -0.2) is 73.2 Å². The molecule has 152 valence electrons. The Balaban J connectivity index is 1.67. The second-order valence-corrected chi connectivity index (χ2v) is 11.6. The van der Waals surface area contributed by atoms with Gasteiger partial charge >= 0.3 is 0 Å². The Bertz CT molecular complexity index is 788. The fourth-order valence-electron chi connectivity index (χ4n) is 4.15. The maximum absolute atomic E-state index is 12.8. The molecule has 0 unspecified atom stereocenters. The van der Waals surface area contributed by atoms with Gasteiger partial charge in [0.2, 0.25) is 5.91 Å². The number of piperazine rings is 1. The molecule has 6 nitrogen and oxygen atoms in total. The van der Waals surface area contributed by atoms with Crippen LogP contribution >= 0.6 is 22.9 Å². The summed E-state index contributed by atoms with van der Waals surface area (Å²) < 4.78 is 27.9. The van der Waals surface area contributed by atoms with Crippen molar-refractivity contribution in [3.63, 3.8) is 0 Å². The topological polar surface area (TPSA) is 60.9 Å². The van der Waals surface area contributed by atoms with Gasteiger partial charge in [0, 0.05) is 50.7 Å². The van der Waals surface area contributed by atoms with Crippen molar-refractivity contribution in [2.75, 3.05) is 39.3 Å². The number of hydrogen-bond acceptors (Lipinski definition) is 5. The van der Waals surface area contributed by atoms with E-state index in [0.29, 0.717) is 34.7 Å². The third-order valence-electron chi connectivity index (χ3n) is 5.85. The third kappa shape index (κ3) is 4.05. The summed E-state index contributed by atoms with van der Waals surface area (Å²) in [7, 11) is -3.47. The lowest BCUT2D eigenvalue weighted by Gasteiger charge is -2.45. The monoisotopic (exact) mass is 433 g/mol. The molecule has 2 fully saturated rings. The van der Waals surface area contributed by atoms with Gasteiger partial charge in [0.05, 0.1) is 4.34 Å². The minimum absolute atomic E-state index is 0.0114. The van der Waals surface area contributed by atoms with Gasteiger partial charge in [0.15, 0.2) is 0 Å². The molecular weight excluding hydrogens is 406 g/mol. The summed E-state index contributed by atoms with van der Waals surface area (Å²) >= 11 is 7.01. The summed E-state index contributed by atoms with van der Waals surface area (Å²) in [6.07, 6.45) is 1.91. The number of halogens is 1. The van der Waals surface area contributed by atoms with Crippen molar-refractivity contribution >= 4 is 38.9 Å². The summed E-state index contributed by atoms with van der Waals surface area (Å²) in [6.45, 7) is 9.90. The lowest BCUT2D eigenvalue weighted by atomic mass is 9.92. The van der Waals surface area contributed by atoms with Crippen LogP contribution in [0.2, 0.25) is 4.34 Å². The summed E-state index contributed by atoms with van der Waals surface area (Å²) in [5.74, 6) is 0.221. The highest BCUT2D eigenvalue weighted by Gasteiger charge is 2.45. The minimum Gasteiger partial charge on any atom is -0.341 e.